The Morgan fingerprint density at radius 1 is 1.21 bits per heavy atom. The van der Waals surface area contributed by atoms with Crippen molar-refractivity contribution in [2.24, 2.45) is 5.41 Å². The molecule has 1 aliphatic carbocycles. The predicted octanol–water partition coefficient (Wildman–Crippen LogP) is 2.75. The molecule has 1 fully saturated rings. The first-order valence-corrected chi connectivity index (χ1v) is 6.39. The third-order valence-electron chi connectivity index (χ3n) is 3.68. The maximum atomic E-state index is 12.0. The number of carbonyl (C=O) groups excluding carboxylic acids is 3. The molecule has 0 spiro atoms. The molecule has 2 rings (SSSR count). The van der Waals surface area contributed by atoms with Gasteiger partial charge in [0.1, 0.15) is 17.0 Å². The minimum atomic E-state index is -1.07. The number of hydrogen-bond donors (Lipinski definition) is 0. The normalized spacial score (nSPS) is 22.9. The number of rotatable bonds is 4. The average molecular weight is 256 g/mol. The van der Waals surface area contributed by atoms with Crippen LogP contribution in [-0.2, 0) is 9.59 Å². The number of hydrogen-bond acceptors (Lipinski definition) is 3. The van der Waals surface area contributed by atoms with E-state index in [0.717, 1.165) is 0 Å². The van der Waals surface area contributed by atoms with E-state index in [-0.39, 0.29) is 17.3 Å². The first-order valence-electron chi connectivity index (χ1n) is 6.39. The van der Waals surface area contributed by atoms with E-state index in [0.29, 0.717) is 24.8 Å². The number of allylic oxidation sites excluding steroid dienone is 2. The Morgan fingerprint density at radius 2 is 1.89 bits per heavy atom. The zero-order valence-electron chi connectivity index (χ0n) is 10.9. The summed E-state index contributed by atoms with van der Waals surface area (Å²) < 4.78 is 0. The summed E-state index contributed by atoms with van der Waals surface area (Å²) in [6, 6.07) is 8.82. The summed E-state index contributed by atoms with van der Waals surface area (Å²) >= 11 is 0. The van der Waals surface area contributed by atoms with Crippen molar-refractivity contribution in [3.05, 3.63) is 48.0 Å². The van der Waals surface area contributed by atoms with Gasteiger partial charge in [0.25, 0.3) is 0 Å². The van der Waals surface area contributed by atoms with E-state index >= 15 is 0 Å². The molecule has 98 valence electrons. The van der Waals surface area contributed by atoms with Gasteiger partial charge in [0.2, 0.25) is 0 Å². The topological polar surface area (TPSA) is 51.2 Å². The van der Waals surface area contributed by atoms with Crippen molar-refractivity contribution < 1.29 is 14.4 Å². The molecular weight excluding hydrogens is 240 g/mol. The maximum Gasteiger partial charge on any atom is 0.185 e. The SMILES string of the molecule is CC(=O)[C@@]1(/C=C\C(=O)c2ccccc2)CCCC1=O. The molecule has 0 saturated heterocycles. The molecule has 3 nitrogen and oxygen atoms in total. The lowest BCUT2D eigenvalue weighted by Gasteiger charge is -2.19. The lowest BCUT2D eigenvalue weighted by Crippen LogP contribution is -2.31. The highest BCUT2D eigenvalue weighted by atomic mass is 16.2. The Bertz CT molecular complexity index is 542. The fourth-order valence-corrected chi connectivity index (χ4v) is 2.47. The number of ketones is 3. The molecule has 1 aliphatic rings. The van der Waals surface area contributed by atoms with Gasteiger partial charge in [-0.05, 0) is 25.8 Å². The number of Topliss-reactive ketones (excluding diaryl/α,β-unsaturated/α-hetero) is 2. The summed E-state index contributed by atoms with van der Waals surface area (Å²) in [5, 5.41) is 0. The first-order chi connectivity index (χ1) is 9.06. The van der Waals surface area contributed by atoms with E-state index in [1.165, 1.54) is 19.1 Å². The molecule has 0 amide bonds. The Hall–Kier alpha value is -2.03. The lowest BCUT2D eigenvalue weighted by molar-refractivity contribution is -0.134. The Balaban J connectivity index is 2.24. The minimum Gasteiger partial charge on any atom is -0.299 e. The lowest BCUT2D eigenvalue weighted by atomic mass is 9.80. The van der Waals surface area contributed by atoms with Crippen LogP contribution < -0.4 is 0 Å². The van der Waals surface area contributed by atoms with Crippen LogP contribution >= 0.6 is 0 Å². The monoisotopic (exact) mass is 256 g/mol. The van der Waals surface area contributed by atoms with E-state index < -0.39 is 5.41 Å². The molecule has 1 atom stereocenters. The Morgan fingerprint density at radius 3 is 2.42 bits per heavy atom. The van der Waals surface area contributed by atoms with Crippen LogP contribution in [0.25, 0.3) is 0 Å². The van der Waals surface area contributed by atoms with Gasteiger partial charge in [-0.1, -0.05) is 36.4 Å². The van der Waals surface area contributed by atoms with Crippen LogP contribution in [0.15, 0.2) is 42.5 Å². The van der Waals surface area contributed by atoms with Gasteiger partial charge in [0.15, 0.2) is 5.78 Å². The van der Waals surface area contributed by atoms with Gasteiger partial charge in [-0.15, -0.1) is 0 Å². The van der Waals surface area contributed by atoms with Crippen LogP contribution in [0.2, 0.25) is 0 Å². The third-order valence-corrected chi connectivity index (χ3v) is 3.68. The van der Waals surface area contributed by atoms with Gasteiger partial charge >= 0.3 is 0 Å². The Kier molecular flexibility index (Phi) is 3.74. The number of benzene rings is 1. The summed E-state index contributed by atoms with van der Waals surface area (Å²) in [6.07, 6.45) is 4.51. The van der Waals surface area contributed by atoms with Gasteiger partial charge in [-0.3, -0.25) is 14.4 Å². The maximum absolute atomic E-state index is 12.0. The zero-order chi connectivity index (χ0) is 13.9. The van der Waals surface area contributed by atoms with Gasteiger partial charge in [0.05, 0.1) is 0 Å². The highest BCUT2D eigenvalue weighted by Gasteiger charge is 2.43. The van der Waals surface area contributed by atoms with Gasteiger partial charge in [-0.2, -0.15) is 0 Å². The van der Waals surface area contributed by atoms with Crippen LogP contribution in [-0.4, -0.2) is 17.3 Å². The highest BCUT2D eigenvalue weighted by Crippen LogP contribution is 2.37. The van der Waals surface area contributed by atoms with Crippen molar-refractivity contribution in [1.82, 2.24) is 0 Å². The van der Waals surface area contributed by atoms with E-state index in [9.17, 15) is 14.4 Å². The largest absolute Gasteiger partial charge is 0.299 e. The predicted molar refractivity (Wildman–Crippen MR) is 71.9 cm³/mol. The Labute approximate surface area is 112 Å². The van der Waals surface area contributed by atoms with Crippen LogP contribution in [0.4, 0.5) is 0 Å². The molecule has 0 aliphatic heterocycles. The summed E-state index contributed by atoms with van der Waals surface area (Å²) in [5.41, 5.74) is -0.507. The summed E-state index contributed by atoms with van der Waals surface area (Å²) in [4.78, 5) is 35.6. The molecule has 0 N–H and O–H groups in total. The zero-order valence-corrected chi connectivity index (χ0v) is 10.9. The molecule has 0 unspecified atom stereocenters. The smallest absolute Gasteiger partial charge is 0.185 e. The summed E-state index contributed by atoms with van der Waals surface area (Å²) in [7, 11) is 0. The van der Waals surface area contributed by atoms with Crippen molar-refractivity contribution in [3.8, 4) is 0 Å². The molecular formula is C16H16O3. The number of carbonyl (C=O) groups is 3. The highest BCUT2D eigenvalue weighted by molar-refractivity contribution is 6.11. The van der Waals surface area contributed by atoms with E-state index in [4.69, 9.17) is 0 Å². The van der Waals surface area contributed by atoms with Crippen LogP contribution in [0.1, 0.15) is 36.5 Å². The second-order valence-corrected chi connectivity index (χ2v) is 4.87. The van der Waals surface area contributed by atoms with Gasteiger partial charge < -0.3 is 0 Å². The van der Waals surface area contributed by atoms with Gasteiger partial charge in [0, 0.05) is 12.0 Å². The molecule has 0 heterocycles. The standard InChI is InChI=1S/C16H16O3/c1-12(17)16(10-5-8-15(16)19)11-9-14(18)13-6-3-2-4-7-13/h2-4,6-7,9,11H,5,8,10H2,1H3/b11-9-/t16-/m0/s1. The van der Waals surface area contributed by atoms with Crippen LogP contribution in [0.3, 0.4) is 0 Å². The van der Waals surface area contributed by atoms with Crippen molar-refractivity contribution in [3.63, 3.8) is 0 Å². The second-order valence-electron chi connectivity index (χ2n) is 4.87. The summed E-state index contributed by atoms with van der Waals surface area (Å²) in [5.74, 6) is -0.426. The minimum absolute atomic E-state index is 0.0721. The van der Waals surface area contributed by atoms with Gasteiger partial charge in [-0.25, -0.2) is 0 Å². The van der Waals surface area contributed by atoms with Crippen molar-refractivity contribution >= 4 is 17.3 Å². The molecule has 3 heteroatoms. The fraction of sp³-hybridized carbons (Fsp3) is 0.312. The second kappa shape index (κ2) is 5.31. The van der Waals surface area contributed by atoms with E-state index in [1.54, 1.807) is 24.3 Å². The molecule has 0 radical (unpaired) electrons. The molecule has 1 saturated carbocycles. The first kappa shape index (κ1) is 13.4. The van der Waals surface area contributed by atoms with Crippen LogP contribution in [0.5, 0.6) is 0 Å². The quantitative estimate of drug-likeness (QED) is 0.473. The van der Waals surface area contributed by atoms with E-state index in [2.05, 4.69) is 0 Å². The summed E-state index contributed by atoms with van der Waals surface area (Å²) in [6.45, 7) is 1.42. The molecule has 0 bridgehead atoms. The van der Waals surface area contributed by atoms with Crippen molar-refractivity contribution in [2.45, 2.75) is 26.2 Å². The molecule has 1 aromatic rings. The third kappa shape index (κ3) is 2.55. The van der Waals surface area contributed by atoms with Crippen molar-refractivity contribution in [2.75, 3.05) is 0 Å². The van der Waals surface area contributed by atoms with Crippen molar-refractivity contribution in [1.29, 1.82) is 0 Å². The van der Waals surface area contributed by atoms with E-state index in [1.807, 2.05) is 6.07 Å². The molecule has 0 aromatic heterocycles. The molecule has 1 aromatic carbocycles. The fourth-order valence-electron chi connectivity index (χ4n) is 2.47. The molecule has 19 heavy (non-hydrogen) atoms. The average Bonchev–Trinajstić information content (AvgIpc) is 2.79. The van der Waals surface area contributed by atoms with Crippen LogP contribution in [0, 0.1) is 5.41 Å².